The first-order valence-electron chi connectivity index (χ1n) is 6.60. The van der Waals surface area contributed by atoms with Gasteiger partial charge in [-0.05, 0) is 31.0 Å². The fourth-order valence-corrected chi connectivity index (χ4v) is 1.81. The average molecular weight is 259 g/mol. The second kappa shape index (κ2) is 5.99. The average Bonchev–Trinajstić information content (AvgIpc) is 2.99. The molecule has 2 aromatic rings. The Morgan fingerprint density at radius 1 is 1.32 bits per heavy atom. The number of nitrogens with one attached hydrogen (secondary N) is 1. The largest absolute Gasteiger partial charge is 0.394 e. The Morgan fingerprint density at radius 3 is 2.58 bits per heavy atom. The van der Waals surface area contributed by atoms with Crippen molar-refractivity contribution in [2.75, 3.05) is 6.61 Å². The van der Waals surface area contributed by atoms with Gasteiger partial charge in [0.15, 0.2) is 0 Å². The van der Waals surface area contributed by atoms with Crippen molar-refractivity contribution in [2.24, 2.45) is 0 Å². The predicted octanol–water partition coefficient (Wildman–Crippen LogP) is 2.12. The van der Waals surface area contributed by atoms with E-state index in [1.807, 2.05) is 17.7 Å². The van der Waals surface area contributed by atoms with Gasteiger partial charge in [0, 0.05) is 30.2 Å². The number of rotatable bonds is 6. The fraction of sp³-hybridized carbons (Fsp3) is 0.400. The van der Waals surface area contributed by atoms with E-state index in [4.69, 9.17) is 0 Å². The van der Waals surface area contributed by atoms with Crippen LogP contribution in [0.1, 0.15) is 25.8 Å². The maximum atomic E-state index is 9.36. The van der Waals surface area contributed by atoms with E-state index in [1.165, 1.54) is 5.56 Å². The Kier molecular flexibility index (Phi) is 4.35. The molecular weight excluding hydrogens is 238 g/mol. The molecule has 2 N–H and O–H groups in total. The zero-order valence-corrected chi connectivity index (χ0v) is 11.5. The van der Waals surface area contributed by atoms with E-state index in [2.05, 4.69) is 41.5 Å². The summed E-state index contributed by atoms with van der Waals surface area (Å²) in [5, 5.41) is 12.8. The Hall–Kier alpha value is -1.65. The van der Waals surface area contributed by atoms with Gasteiger partial charge in [0.2, 0.25) is 0 Å². The van der Waals surface area contributed by atoms with E-state index >= 15 is 0 Å². The van der Waals surface area contributed by atoms with Crippen molar-refractivity contribution in [2.45, 2.75) is 32.4 Å². The third kappa shape index (κ3) is 3.43. The maximum absolute atomic E-state index is 9.36. The van der Waals surface area contributed by atoms with Crippen LogP contribution in [-0.2, 0) is 6.54 Å². The van der Waals surface area contributed by atoms with E-state index in [0.29, 0.717) is 0 Å². The highest BCUT2D eigenvalue weighted by Crippen LogP contribution is 2.12. The number of aliphatic hydroxyl groups excluding tert-OH is 1. The summed E-state index contributed by atoms with van der Waals surface area (Å²) in [6.45, 7) is 5.02. The minimum atomic E-state index is -0.205. The van der Waals surface area contributed by atoms with Gasteiger partial charge in [-0.25, -0.2) is 4.98 Å². The molecule has 4 nitrogen and oxygen atoms in total. The van der Waals surface area contributed by atoms with Gasteiger partial charge in [0.25, 0.3) is 0 Å². The summed E-state index contributed by atoms with van der Waals surface area (Å²) >= 11 is 0. The summed E-state index contributed by atoms with van der Waals surface area (Å²) in [4.78, 5) is 4.03. The Labute approximate surface area is 114 Å². The van der Waals surface area contributed by atoms with Crippen LogP contribution in [0.15, 0.2) is 43.0 Å². The molecule has 0 spiro atoms. The molecule has 0 aliphatic carbocycles. The van der Waals surface area contributed by atoms with Gasteiger partial charge < -0.3 is 15.0 Å². The smallest absolute Gasteiger partial charge is 0.0991 e. The van der Waals surface area contributed by atoms with Crippen LogP contribution in [0.4, 0.5) is 0 Å². The van der Waals surface area contributed by atoms with Gasteiger partial charge in [0.05, 0.1) is 12.9 Å². The van der Waals surface area contributed by atoms with Gasteiger partial charge in [0.1, 0.15) is 0 Å². The molecule has 0 radical (unpaired) electrons. The predicted molar refractivity (Wildman–Crippen MR) is 76.2 cm³/mol. The van der Waals surface area contributed by atoms with Gasteiger partial charge >= 0.3 is 0 Å². The molecule has 4 heteroatoms. The zero-order valence-electron chi connectivity index (χ0n) is 11.5. The Bertz CT molecular complexity index is 487. The van der Waals surface area contributed by atoms with Crippen LogP contribution >= 0.6 is 0 Å². The van der Waals surface area contributed by atoms with Crippen LogP contribution in [0.5, 0.6) is 0 Å². The van der Waals surface area contributed by atoms with E-state index < -0.39 is 0 Å². The lowest BCUT2D eigenvalue weighted by Crippen LogP contribution is -2.44. The first-order chi connectivity index (χ1) is 9.17. The molecule has 2 rings (SSSR count). The van der Waals surface area contributed by atoms with Crippen molar-refractivity contribution in [3.8, 4) is 5.69 Å². The molecule has 0 amide bonds. The monoisotopic (exact) mass is 259 g/mol. The van der Waals surface area contributed by atoms with Crippen molar-refractivity contribution < 1.29 is 5.11 Å². The third-order valence-electron chi connectivity index (χ3n) is 3.59. The summed E-state index contributed by atoms with van der Waals surface area (Å²) < 4.78 is 1.97. The van der Waals surface area contributed by atoms with E-state index in [9.17, 15) is 5.11 Å². The highest BCUT2D eigenvalue weighted by molar-refractivity contribution is 5.34. The van der Waals surface area contributed by atoms with E-state index in [-0.39, 0.29) is 12.1 Å². The first-order valence-corrected chi connectivity index (χ1v) is 6.60. The quantitative estimate of drug-likeness (QED) is 0.835. The highest BCUT2D eigenvalue weighted by Gasteiger charge is 2.19. The molecular formula is C15H21N3O. The summed E-state index contributed by atoms with van der Waals surface area (Å²) in [6.07, 6.45) is 6.38. The molecule has 1 atom stereocenters. The minimum absolute atomic E-state index is 0.149. The van der Waals surface area contributed by atoms with Crippen molar-refractivity contribution in [1.29, 1.82) is 0 Å². The molecule has 0 fully saturated rings. The standard InChI is InChI=1S/C15H21N3O/c1-3-15(2,11-19)17-10-13-4-6-14(7-5-13)18-9-8-16-12-18/h4-9,12,17,19H,3,10-11H2,1-2H3. The number of benzene rings is 1. The van der Waals surface area contributed by atoms with Crippen LogP contribution < -0.4 is 5.32 Å². The summed E-state index contributed by atoms with van der Waals surface area (Å²) in [6, 6.07) is 8.33. The van der Waals surface area contributed by atoms with Gasteiger partial charge in [-0.15, -0.1) is 0 Å². The minimum Gasteiger partial charge on any atom is -0.394 e. The lowest BCUT2D eigenvalue weighted by atomic mass is 10.00. The topological polar surface area (TPSA) is 50.1 Å². The second-order valence-electron chi connectivity index (χ2n) is 5.06. The number of hydrogen-bond donors (Lipinski definition) is 2. The third-order valence-corrected chi connectivity index (χ3v) is 3.59. The second-order valence-corrected chi connectivity index (χ2v) is 5.06. The molecule has 0 saturated carbocycles. The molecule has 1 unspecified atom stereocenters. The molecule has 0 saturated heterocycles. The molecule has 102 valence electrons. The number of imidazole rings is 1. The van der Waals surface area contributed by atoms with Gasteiger partial charge in [-0.3, -0.25) is 0 Å². The first kappa shape index (κ1) is 13.8. The molecule has 1 aromatic carbocycles. The fourth-order valence-electron chi connectivity index (χ4n) is 1.81. The molecule has 19 heavy (non-hydrogen) atoms. The van der Waals surface area contributed by atoms with Crippen molar-refractivity contribution in [3.05, 3.63) is 48.5 Å². The Balaban J connectivity index is 2.00. The van der Waals surface area contributed by atoms with Crippen molar-refractivity contribution >= 4 is 0 Å². The van der Waals surface area contributed by atoms with Crippen molar-refractivity contribution in [3.63, 3.8) is 0 Å². The van der Waals surface area contributed by atoms with Crippen LogP contribution in [-0.4, -0.2) is 26.8 Å². The van der Waals surface area contributed by atoms with Crippen LogP contribution in [0, 0.1) is 0 Å². The van der Waals surface area contributed by atoms with Crippen LogP contribution in [0.3, 0.4) is 0 Å². The lowest BCUT2D eigenvalue weighted by Gasteiger charge is -2.27. The Morgan fingerprint density at radius 2 is 2.05 bits per heavy atom. The molecule has 1 aromatic heterocycles. The van der Waals surface area contributed by atoms with Gasteiger partial charge in [-0.2, -0.15) is 0 Å². The molecule has 0 bridgehead atoms. The summed E-state index contributed by atoms with van der Waals surface area (Å²) in [5.74, 6) is 0. The normalized spacial score (nSPS) is 14.3. The molecule has 0 aliphatic rings. The maximum Gasteiger partial charge on any atom is 0.0991 e. The van der Waals surface area contributed by atoms with Crippen LogP contribution in [0.2, 0.25) is 0 Å². The van der Waals surface area contributed by atoms with Crippen molar-refractivity contribution in [1.82, 2.24) is 14.9 Å². The lowest BCUT2D eigenvalue weighted by molar-refractivity contribution is 0.169. The number of aromatic nitrogens is 2. The summed E-state index contributed by atoms with van der Waals surface area (Å²) in [7, 11) is 0. The van der Waals surface area contributed by atoms with E-state index in [1.54, 1.807) is 12.5 Å². The van der Waals surface area contributed by atoms with E-state index in [0.717, 1.165) is 18.7 Å². The SMILES string of the molecule is CCC(C)(CO)NCc1ccc(-n2ccnc2)cc1. The molecule has 1 heterocycles. The zero-order chi connectivity index (χ0) is 13.7. The highest BCUT2D eigenvalue weighted by atomic mass is 16.3. The van der Waals surface area contributed by atoms with Gasteiger partial charge in [-0.1, -0.05) is 19.1 Å². The number of hydrogen-bond acceptors (Lipinski definition) is 3. The summed E-state index contributed by atoms with van der Waals surface area (Å²) in [5.41, 5.74) is 2.10. The number of nitrogens with zero attached hydrogens (tertiary/aromatic N) is 2. The van der Waals surface area contributed by atoms with Crippen LogP contribution in [0.25, 0.3) is 5.69 Å². The number of aliphatic hydroxyl groups is 1. The molecule has 0 aliphatic heterocycles.